The highest BCUT2D eigenvalue weighted by Gasteiger charge is 2.49. The zero-order valence-corrected chi connectivity index (χ0v) is 24.8. The Morgan fingerprint density at radius 2 is 1.57 bits per heavy atom. The molecular formula is C31H40ClN3O4S. The van der Waals surface area contributed by atoms with E-state index in [1.165, 1.54) is 11.8 Å². The molecule has 40 heavy (non-hydrogen) atoms. The molecule has 1 spiro atoms. The molecule has 0 unspecified atom stereocenters. The summed E-state index contributed by atoms with van der Waals surface area (Å²) in [4.78, 5) is 33.4. The number of hydrogen-bond acceptors (Lipinski definition) is 5. The fourth-order valence-corrected chi connectivity index (χ4v) is 7.60. The molecule has 2 aromatic rings. The fourth-order valence-electron chi connectivity index (χ4n) is 6.97. The van der Waals surface area contributed by atoms with Crippen LogP contribution in [0.4, 0.5) is 0 Å². The molecule has 2 aromatic carbocycles. The van der Waals surface area contributed by atoms with Gasteiger partial charge in [0.15, 0.2) is 9.84 Å². The van der Waals surface area contributed by atoms with Crippen LogP contribution >= 0.6 is 12.4 Å². The highest BCUT2D eigenvalue weighted by molar-refractivity contribution is 7.90. The van der Waals surface area contributed by atoms with Crippen LogP contribution in [0.1, 0.15) is 49.1 Å². The van der Waals surface area contributed by atoms with E-state index in [0.29, 0.717) is 29.2 Å². The van der Waals surface area contributed by atoms with E-state index >= 15 is 0 Å². The SMILES string of the molecule is CS(=O)(=O)c1ccc(CN2CCC3(CCN(C[C@H]4CN(C(=O)C5CC5)C[C@@H]4c4ccccc4)CC3)C2=O)cc1.Cl. The smallest absolute Gasteiger partial charge is 0.229 e. The second kappa shape index (κ2) is 11.5. The van der Waals surface area contributed by atoms with Crippen LogP contribution in [-0.2, 0) is 26.0 Å². The molecule has 1 saturated carbocycles. The van der Waals surface area contributed by atoms with E-state index in [1.807, 2.05) is 17.0 Å². The molecule has 4 aliphatic rings. The Labute approximate surface area is 244 Å². The minimum Gasteiger partial charge on any atom is -0.341 e. The number of nitrogens with zero attached hydrogens (tertiary/aromatic N) is 3. The van der Waals surface area contributed by atoms with Crippen molar-refractivity contribution in [2.45, 2.75) is 49.5 Å². The van der Waals surface area contributed by atoms with Gasteiger partial charge in [0.2, 0.25) is 11.8 Å². The molecule has 9 heteroatoms. The zero-order chi connectivity index (χ0) is 27.2. The van der Waals surface area contributed by atoms with Crippen molar-refractivity contribution in [3.63, 3.8) is 0 Å². The topological polar surface area (TPSA) is 78.0 Å². The van der Waals surface area contributed by atoms with Crippen LogP contribution in [0, 0.1) is 17.3 Å². The van der Waals surface area contributed by atoms with Crippen molar-refractivity contribution in [1.29, 1.82) is 0 Å². The predicted octanol–water partition coefficient (Wildman–Crippen LogP) is 3.98. The van der Waals surface area contributed by atoms with Crippen LogP contribution in [0.2, 0.25) is 0 Å². The molecule has 3 heterocycles. The Kier molecular flexibility index (Phi) is 8.33. The summed E-state index contributed by atoms with van der Waals surface area (Å²) < 4.78 is 23.5. The fraction of sp³-hybridized carbons (Fsp3) is 0.548. The van der Waals surface area contributed by atoms with Gasteiger partial charge in [0.1, 0.15) is 0 Å². The third kappa shape index (κ3) is 5.95. The summed E-state index contributed by atoms with van der Waals surface area (Å²) in [7, 11) is -3.23. The largest absolute Gasteiger partial charge is 0.341 e. The van der Waals surface area contributed by atoms with E-state index < -0.39 is 9.84 Å². The maximum absolute atomic E-state index is 13.6. The monoisotopic (exact) mass is 585 g/mol. The summed E-state index contributed by atoms with van der Waals surface area (Å²) in [6.45, 7) is 5.73. The summed E-state index contributed by atoms with van der Waals surface area (Å²) in [5, 5.41) is 0. The average molecular weight is 586 g/mol. The summed E-state index contributed by atoms with van der Waals surface area (Å²) >= 11 is 0. The van der Waals surface area contributed by atoms with Gasteiger partial charge in [0.25, 0.3) is 0 Å². The van der Waals surface area contributed by atoms with E-state index in [4.69, 9.17) is 0 Å². The van der Waals surface area contributed by atoms with E-state index in [9.17, 15) is 18.0 Å². The maximum Gasteiger partial charge on any atom is 0.229 e. The van der Waals surface area contributed by atoms with Crippen molar-refractivity contribution in [1.82, 2.24) is 14.7 Å². The van der Waals surface area contributed by atoms with E-state index in [1.54, 1.807) is 12.1 Å². The maximum atomic E-state index is 13.6. The van der Waals surface area contributed by atoms with Crippen molar-refractivity contribution in [3.8, 4) is 0 Å². The second-order valence-electron chi connectivity index (χ2n) is 12.3. The van der Waals surface area contributed by atoms with Gasteiger partial charge in [0.05, 0.1) is 10.3 Å². The normalized spacial score (nSPS) is 24.9. The molecule has 3 aliphatic heterocycles. The molecule has 0 radical (unpaired) electrons. The van der Waals surface area contributed by atoms with Crippen LogP contribution in [-0.4, -0.2) is 80.5 Å². The van der Waals surface area contributed by atoms with Crippen molar-refractivity contribution >= 4 is 34.1 Å². The van der Waals surface area contributed by atoms with Crippen LogP contribution in [0.5, 0.6) is 0 Å². The summed E-state index contributed by atoms with van der Waals surface area (Å²) in [6.07, 6.45) is 5.94. The Morgan fingerprint density at radius 1 is 0.925 bits per heavy atom. The number of likely N-dealkylation sites (tertiary alicyclic amines) is 3. The summed E-state index contributed by atoms with van der Waals surface area (Å²) in [6, 6.07) is 17.5. The van der Waals surface area contributed by atoms with E-state index in [-0.39, 0.29) is 29.6 Å². The van der Waals surface area contributed by atoms with Gasteiger partial charge in [-0.05, 0) is 74.4 Å². The van der Waals surface area contributed by atoms with Crippen molar-refractivity contribution in [2.75, 3.05) is 45.5 Å². The molecule has 3 saturated heterocycles. The molecule has 4 fully saturated rings. The number of amides is 2. The molecule has 6 rings (SSSR count). The van der Waals surface area contributed by atoms with Gasteiger partial charge in [-0.15, -0.1) is 12.4 Å². The number of sulfone groups is 1. The van der Waals surface area contributed by atoms with Crippen LogP contribution in [0.3, 0.4) is 0 Å². The Bertz CT molecular complexity index is 1320. The molecule has 216 valence electrons. The standard InChI is InChI=1S/C31H39N3O4S.ClH/c1-39(37,38)27-11-7-23(8-12-27)19-33-18-15-31(30(33)36)13-16-32(17-14-31)20-26-21-34(29(35)25-9-10-25)22-28(26)24-5-3-2-4-6-24;/h2-8,11-12,25-26,28H,9-10,13-22H2,1H3;1H/t26-,28+;/m0./s1. The average Bonchev–Trinajstić information content (AvgIpc) is 3.65. The number of hydrogen-bond donors (Lipinski definition) is 0. The van der Waals surface area contributed by atoms with E-state index in [0.717, 1.165) is 76.9 Å². The summed E-state index contributed by atoms with van der Waals surface area (Å²) in [5.41, 5.74) is 2.02. The minimum atomic E-state index is -3.23. The first-order chi connectivity index (χ1) is 18.7. The van der Waals surface area contributed by atoms with Crippen molar-refractivity contribution < 1.29 is 18.0 Å². The molecular weight excluding hydrogens is 546 g/mol. The molecule has 2 amide bonds. The lowest BCUT2D eigenvalue weighted by molar-refractivity contribution is -0.139. The molecule has 2 atom stereocenters. The Hall–Kier alpha value is -2.42. The Balaban J connectivity index is 0.00000323. The predicted molar refractivity (Wildman–Crippen MR) is 157 cm³/mol. The van der Waals surface area contributed by atoms with Crippen LogP contribution in [0.25, 0.3) is 0 Å². The highest BCUT2D eigenvalue weighted by Crippen LogP contribution is 2.43. The number of benzene rings is 2. The lowest BCUT2D eigenvalue weighted by Crippen LogP contribution is -2.46. The first-order valence-corrected chi connectivity index (χ1v) is 16.3. The van der Waals surface area contributed by atoms with Crippen molar-refractivity contribution in [3.05, 3.63) is 65.7 Å². The zero-order valence-electron chi connectivity index (χ0n) is 23.2. The second-order valence-corrected chi connectivity index (χ2v) is 14.3. The van der Waals surface area contributed by atoms with Crippen molar-refractivity contribution in [2.24, 2.45) is 17.3 Å². The van der Waals surface area contributed by atoms with Gasteiger partial charge in [0, 0.05) is 50.8 Å². The number of carbonyl (C=O) groups excluding carboxylic acids is 2. The first kappa shape index (κ1) is 29.1. The lowest BCUT2D eigenvalue weighted by Gasteiger charge is -2.39. The lowest BCUT2D eigenvalue weighted by atomic mass is 9.76. The molecule has 1 aliphatic carbocycles. The summed E-state index contributed by atoms with van der Waals surface area (Å²) in [5.74, 6) is 1.62. The quantitative estimate of drug-likeness (QED) is 0.491. The van der Waals surface area contributed by atoms with Gasteiger partial charge in [-0.1, -0.05) is 42.5 Å². The van der Waals surface area contributed by atoms with Gasteiger partial charge in [-0.25, -0.2) is 8.42 Å². The molecule has 0 aromatic heterocycles. The third-order valence-corrected chi connectivity index (χ3v) is 10.7. The highest BCUT2D eigenvalue weighted by atomic mass is 35.5. The number of halogens is 1. The van der Waals surface area contributed by atoms with Crippen LogP contribution < -0.4 is 0 Å². The number of rotatable bonds is 7. The van der Waals surface area contributed by atoms with Crippen LogP contribution in [0.15, 0.2) is 59.5 Å². The van der Waals surface area contributed by atoms with Gasteiger partial charge in [-0.2, -0.15) is 0 Å². The molecule has 7 nitrogen and oxygen atoms in total. The number of piperidine rings is 1. The Morgan fingerprint density at radius 3 is 2.20 bits per heavy atom. The first-order valence-electron chi connectivity index (χ1n) is 14.4. The van der Waals surface area contributed by atoms with Gasteiger partial charge < -0.3 is 14.7 Å². The third-order valence-electron chi connectivity index (χ3n) is 9.54. The molecule has 0 N–H and O–H groups in total. The number of carbonyl (C=O) groups is 2. The van der Waals surface area contributed by atoms with E-state index in [2.05, 4.69) is 40.1 Å². The molecule has 0 bridgehead atoms. The van der Waals surface area contributed by atoms with Gasteiger partial charge >= 0.3 is 0 Å². The minimum absolute atomic E-state index is 0. The van der Waals surface area contributed by atoms with Gasteiger partial charge in [-0.3, -0.25) is 9.59 Å².